The molecule has 0 aliphatic carbocycles. The van der Waals surface area contributed by atoms with Crippen molar-refractivity contribution in [2.75, 3.05) is 5.01 Å². The lowest BCUT2D eigenvalue weighted by Crippen LogP contribution is -2.38. The number of carbonyl (C=O) groups excluding carboxylic acids is 1. The topological polar surface area (TPSA) is 72.1 Å². The molecule has 2 N–H and O–H groups in total. The Morgan fingerprint density at radius 1 is 1.69 bits per heavy atom. The summed E-state index contributed by atoms with van der Waals surface area (Å²) in [7, 11) is 0. The highest BCUT2D eigenvalue weighted by Gasteiger charge is 2.12. The lowest BCUT2D eigenvalue weighted by atomic mass is 10.3. The summed E-state index contributed by atoms with van der Waals surface area (Å²) in [4.78, 5) is 18.9. The second kappa shape index (κ2) is 3.95. The average Bonchev–Trinajstić information content (AvgIpc) is 2.16. The number of rotatable bonds is 2. The first kappa shape index (κ1) is 9.60. The summed E-state index contributed by atoms with van der Waals surface area (Å²) < 4.78 is 0. The van der Waals surface area contributed by atoms with E-state index in [-0.39, 0.29) is 5.91 Å². The van der Waals surface area contributed by atoms with Gasteiger partial charge in [-0.3, -0.25) is 4.79 Å². The van der Waals surface area contributed by atoms with Gasteiger partial charge in [-0.05, 0) is 6.92 Å². The van der Waals surface area contributed by atoms with Crippen molar-refractivity contribution in [3.8, 4) is 0 Å². The predicted molar refractivity (Wildman–Crippen MR) is 48.7 cm³/mol. The van der Waals surface area contributed by atoms with E-state index in [2.05, 4.69) is 9.97 Å². The third-order valence-electron chi connectivity index (χ3n) is 1.67. The SMILES string of the molecule is CCC(=O)N(N)c1ncncc1C. The maximum absolute atomic E-state index is 11.2. The van der Waals surface area contributed by atoms with Gasteiger partial charge in [-0.25, -0.2) is 20.8 Å². The normalized spacial score (nSPS) is 9.77. The molecule has 0 atom stereocenters. The number of nitrogens with zero attached hydrogens (tertiary/aromatic N) is 3. The van der Waals surface area contributed by atoms with Gasteiger partial charge in [0.05, 0.1) is 0 Å². The van der Waals surface area contributed by atoms with Gasteiger partial charge in [-0.15, -0.1) is 0 Å². The molecule has 1 amide bonds. The van der Waals surface area contributed by atoms with Gasteiger partial charge in [0.2, 0.25) is 5.91 Å². The maximum atomic E-state index is 11.2. The molecule has 0 fully saturated rings. The first-order valence-electron chi connectivity index (χ1n) is 4.01. The molecule has 0 aromatic carbocycles. The van der Waals surface area contributed by atoms with Gasteiger partial charge >= 0.3 is 0 Å². The fraction of sp³-hybridized carbons (Fsp3) is 0.375. The Kier molecular flexibility index (Phi) is 2.92. The fourth-order valence-corrected chi connectivity index (χ4v) is 0.933. The van der Waals surface area contributed by atoms with Crippen molar-refractivity contribution in [3.05, 3.63) is 18.1 Å². The Labute approximate surface area is 76.6 Å². The largest absolute Gasteiger partial charge is 0.273 e. The van der Waals surface area contributed by atoms with Crippen molar-refractivity contribution in [2.45, 2.75) is 20.3 Å². The highest BCUT2D eigenvalue weighted by molar-refractivity contribution is 5.91. The first-order valence-corrected chi connectivity index (χ1v) is 4.01. The average molecular weight is 180 g/mol. The number of nitrogens with two attached hydrogens (primary N) is 1. The molecule has 5 nitrogen and oxygen atoms in total. The summed E-state index contributed by atoms with van der Waals surface area (Å²) in [5.41, 5.74) is 0.784. The van der Waals surface area contributed by atoms with Gasteiger partial charge in [-0.2, -0.15) is 0 Å². The Balaban J connectivity index is 2.95. The monoisotopic (exact) mass is 180 g/mol. The summed E-state index contributed by atoms with van der Waals surface area (Å²) >= 11 is 0. The van der Waals surface area contributed by atoms with Crippen LogP contribution in [-0.2, 0) is 4.79 Å². The standard InChI is InChI=1S/C8H12N4O/c1-3-7(13)12(9)8-6(2)4-10-5-11-8/h4-5H,3,9H2,1-2H3. The van der Waals surface area contributed by atoms with Crippen LogP contribution in [0, 0.1) is 6.92 Å². The molecule has 5 heteroatoms. The van der Waals surface area contributed by atoms with Crippen LogP contribution in [0.5, 0.6) is 0 Å². The number of hydrogen-bond donors (Lipinski definition) is 1. The van der Waals surface area contributed by atoms with E-state index < -0.39 is 0 Å². The number of hydrogen-bond acceptors (Lipinski definition) is 4. The van der Waals surface area contributed by atoms with Crippen molar-refractivity contribution < 1.29 is 4.79 Å². The summed E-state index contributed by atoms with van der Waals surface area (Å²) in [6.45, 7) is 3.55. The molecule has 1 heterocycles. The highest BCUT2D eigenvalue weighted by Crippen LogP contribution is 2.11. The number of amides is 1. The van der Waals surface area contributed by atoms with Crippen molar-refractivity contribution >= 4 is 11.7 Å². The van der Waals surface area contributed by atoms with Crippen LogP contribution >= 0.6 is 0 Å². The molecule has 0 saturated heterocycles. The predicted octanol–water partition coefficient (Wildman–Crippen LogP) is 0.402. The number of hydrazine groups is 1. The van der Waals surface area contributed by atoms with Crippen molar-refractivity contribution in [1.82, 2.24) is 9.97 Å². The van der Waals surface area contributed by atoms with Gasteiger partial charge in [0.1, 0.15) is 6.33 Å². The minimum atomic E-state index is -0.165. The van der Waals surface area contributed by atoms with Gasteiger partial charge in [0.25, 0.3) is 0 Å². The van der Waals surface area contributed by atoms with Gasteiger partial charge in [-0.1, -0.05) is 6.92 Å². The van der Waals surface area contributed by atoms with E-state index in [0.29, 0.717) is 12.2 Å². The van der Waals surface area contributed by atoms with Crippen LogP contribution in [-0.4, -0.2) is 15.9 Å². The lowest BCUT2D eigenvalue weighted by molar-refractivity contribution is -0.118. The molecule has 0 radical (unpaired) electrons. The van der Waals surface area contributed by atoms with Crippen LogP contribution in [0.25, 0.3) is 0 Å². The molecule has 0 bridgehead atoms. The zero-order chi connectivity index (χ0) is 9.84. The van der Waals surface area contributed by atoms with Crippen molar-refractivity contribution in [2.24, 2.45) is 5.84 Å². The number of aryl methyl sites for hydroxylation is 1. The van der Waals surface area contributed by atoms with E-state index in [1.54, 1.807) is 20.0 Å². The van der Waals surface area contributed by atoms with Gasteiger partial charge in [0.15, 0.2) is 5.82 Å². The second-order valence-electron chi connectivity index (χ2n) is 2.65. The molecule has 1 aromatic rings. The molecule has 1 rings (SSSR count). The van der Waals surface area contributed by atoms with Crippen molar-refractivity contribution in [3.63, 3.8) is 0 Å². The van der Waals surface area contributed by atoms with Crippen LogP contribution in [0.1, 0.15) is 18.9 Å². The molecule has 0 unspecified atom stereocenters. The summed E-state index contributed by atoms with van der Waals surface area (Å²) in [6.07, 6.45) is 3.34. The molecule has 0 aliphatic rings. The Hall–Kier alpha value is -1.49. The molecular weight excluding hydrogens is 168 g/mol. The molecule has 0 spiro atoms. The molecule has 1 aromatic heterocycles. The molecule has 0 aliphatic heterocycles. The number of anilines is 1. The Morgan fingerprint density at radius 3 is 2.92 bits per heavy atom. The Bertz CT molecular complexity index is 313. The zero-order valence-electron chi connectivity index (χ0n) is 7.69. The summed E-state index contributed by atoms with van der Waals surface area (Å²) in [5.74, 6) is 5.84. The van der Waals surface area contributed by atoms with E-state index in [1.807, 2.05) is 0 Å². The van der Waals surface area contributed by atoms with E-state index in [0.717, 1.165) is 10.6 Å². The van der Waals surface area contributed by atoms with E-state index >= 15 is 0 Å². The summed E-state index contributed by atoms with van der Waals surface area (Å²) in [5, 5.41) is 1.05. The third-order valence-corrected chi connectivity index (χ3v) is 1.67. The highest BCUT2D eigenvalue weighted by atomic mass is 16.2. The number of carbonyl (C=O) groups is 1. The van der Waals surface area contributed by atoms with Crippen LogP contribution in [0.4, 0.5) is 5.82 Å². The van der Waals surface area contributed by atoms with E-state index in [9.17, 15) is 4.79 Å². The zero-order valence-corrected chi connectivity index (χ0v) is 7.69. The van der Waals surface area contributed by atoms with Crippen molar-refractivity contribution in [1.29, 1.82) is 0 Å². The quantitative estimate of drug-likeness (QED) is 0.406. The summed E-state index contributed by atoms with van der Waals surface area (Å²) in [6, 6.07) is 0. The molecule has 70 valence electrons. The van der Waals surface area contributed by atoms with Gasteiger partial charge < -0.3 is 0 Å². The smallest absolute Gasteiger partial charge is 0.242 e. The molecule has 0 saturated carbocycles. The Morgan fingerprint density at radius 2 is 2.38 bits per heavy atom. The first-order chi connectivity index (χ1) is 6.16. The molecular formula is C8H12N4O. The van der Waals surface area contributed by atoms with E-state index in [1.165, 1.54) is 6.33 Å². The van der Waals surface area contributed by atoms with Crippen LogP contribution < -0.4 is 10.9 Å². The maximum Gasteiger partial charge on any atom is 0.242 e. The minimum absolute atomic E-state index is 0.165. The van der Waals surface area contributed by atoms with Crippen LogP contribution in [0.15, 0.2) is 12.5 Å². The second-order valence-corrected chi connectivity index (χ2v) is 2.65. The number of aromatic nitrogens is 2. The fourth-order valence-electron chi connectivity index (χ4n) is 0.933. The van der Waals surface area contributed by atoms with Crippen LogP contribution in [0.3, 0.4) is 0 Å². The van der Waals surface area contributed by atoms with E-state index in [4.69, 9.17) is 5.84 Å². The van der Waals surface area contributed by atoms with Gasteiger partial charge in [0, 0.05) is 18.2 Å². The third kappa shape index (κ3) is 2.00. The lowest BCUT2D eigenvalue weighted by Gasteiger charge is -2.15. The molecule has 13 heavy (non-hydrogen) atoms. The minimum Gasteiger partial charge on any atom is -0.273 e. The van der Waals surface area contributed by atoms with Crippen LogP contribution in [0.2, 0.25) is 0 Å².